The van der Waals surface area contributed by atoms with Crippen molar-refractivity contribution in [3.63, 3.8) is 0 Å². The molecular formula is C17H22N2O. The average molecular weight is 270 g/mol. The number of rotatable bonds is 2. The average Bonchev–Trinajstić information content (AvgIpc) is 2.76. The number of amides is 1. The molecule has 1 fully saturated rings. The van der Waals surface area contributed by atoms with Crippen molar-refractivity contribution in [2.75, 3.05) is 6.54 Å². The molecule has 3 heteroatoms. The molecule has 0 spiro atoms. The maximum absolute atomic E-state index is 12.2. The van der Waals surface area contributed by atoms with E-state index in [2.05, 4.69) is 31.0 Å². The molecule has 3 N–H and O–H groups in total. The van der Waals surface area contributed by atoms with Gasteiger partial charge in [-0.2, -0.15) is 0 Å². The van der Waals surface area contributed by atoms with Gasteiger partial charge in [-0.3, -0.25) is 4.79 Å². The lowest BCUT2D eigenvalue weighted by atomic mass is 9.92. The van der Waals surface area contributed by atoms with E-state index in [0.717, 1.165) is 18.4 Å². The van der Waals surface area contributed by atoms with E-state index >= 15 is 0 Å². The summed E-state index contributed by atoms with van der Waals surface area (Å²) in [4.78, 5) is 12.2. The maximum Gasteiger partial charge on any atom is 0.251 e. The molecule has 1 saturated carbocycles. The van der Waals surface area contributed by atoms with Crippen LogP contribution in [0.25, 0.3) is 0 Å². The van der Waals surface area contributed by atoms with E-state index in [4.69, 9.17) is 5.73 Å². The molecule has 3 nitrogen and oxygen atoms in total. The van der Waals surface area contributed by atoms with Crippen LogP contribution in [0.4, 0.5) is 0 Å². The molecule has 0 aromatic heterocycles. The first kappa shape index (κ1) is 14.6. The Balaban J connectivity index is 1.96. The van der Waals surface area contributed by atoms with E-state index in [-0.39, 0.29) is 5.91 Å². The van der Waals surface area contributed by atoms with Crippen LogP contribution in [-0.4, -0.2) is 18.5 Å². The van der Waals surface area contributed by atoms with Gasteiger partial charge in [0.05, 0.1) is 6.54 Å². The topological polar surface area (TPSA) is 55.1 Å². The van der Waals surface area contributed by atoms with Crippen molar-refractivity contribution in [3.8, 4) is 11.8 Å². The third kappa shape index (κ3) is 3.85. The first-order chi connectivity index (χ1) is 9.50. The Labute approximate surface area is 120 Å². The largest absolute Gasteiger partial charge is 0.349 e. The molecule has 1 aliphatic rings. The smallest absolute Gasteiger partial charge is 0.251 e. The SMILES string of the molecule is CC1(C)CCC(NC(=O)c2ccc(C#CCN)cc2)C1. The zero-order valence-electron chi connectivity index (χ0n) is 12.2. The Morgan fingerprint density at radius 2 is 2.10 bits per heavy atom. The molecule has 0 aliphatic heterocycles. The predicted octanol–water partition coefficient (Wildman–Crippen LogP) is 2.31. The molecule has 106 valence electrons. The lowest BCUT2D eigenvalue weighted by Gasteiger charge is -2.17. The number of nitrogens with two attached hydrogens (primary N) is 1. The van der Waals surface area contributed by atoms with Crippen LogP contribution in [0.5, 0.6) is 0 Å². The molecule has 20 heavy (non-hydrogen) atoms. The number of carbonyl (C=O) groups excluding carboxylic acids is 1. The highest BCUT2D eigenvalue weighted by Crippen LogP contribution is 2.36. The molecule has 1 atom stereocenters. The van der Waals surface area contributed by atoms with Gasteiger partial charge < -0.3 is 11.1 Å². The quantitative estimate of drug-likeness (QED) is 0.810. The minimum atomic E-state index is 0.00559. The highest BCUT2D eigenvalue weighted by molar-refractivity contribution is 5.94. The summed E-state index contributed by atoms with van der Waals surface area (Å²) in [5.41, 5.74) is 7.25. The van der Waals surface area contributed by atoms with Gasteiger partial charge in [0.15, 0.2) is 0 Å². The van der Waals surface area contributed by atoms with Crippen molar-refractivity contribution in [2.45, 2.75) is 39.2 Å². The van der Waals surface area contributed by atoms with E-state index in [0.29, 0.717) is 23.6 Å². The second-order valence-corrected chi connectivity index (χ2v) is 6.16. The molecule has 1 aromatic rings. The fourth-order valence-electron chi connectivity index (χ4n) is 2.69. The van der Waals surface area contributed by atoms with Crippen LogP contribution in [0.15, 0.2) is 24.3 Å². The molecule has 1 unspecified atom stereocenters. The zero-order chi connectivity index (χ0) is 14.6. The van der Waals surface area contributed by atoms with Crippen LogP contribution in [-0.2, 0) is 0 Å². The van der Waals surface area contributed by atoms with Crippen LogP contribution in [0.2, 0.25) is 0 Å². The van der Waals surface area contributed by atoms with Crippen molar-refractivity contribution < 1.29 is 4.79 Å². The number of carbonyl (C=O) groups is 1. The number of benzene rings is 1. The van der Waals surface area contributed by atoms with Gasteiger partial charge in [0, 0.05) is 17.2 Å². The third-order valence-electron chi connectivity index (χ3n) is 3.79. The number of nitrogens with one attached hydrogen (secondary N) is 1. The molecule has 0 heterocycles. The predicted molar refractivity (Wildman–Crippen MR) is 81.3 cm³/mol. The fraction of sp³-hybridized carbons (Fsp3) is 0.471. The van der Waals surface area contributed by atoms with Crippen LogP contribution >= 0.6 is 0 Å². The molecule has 0 bridgehead atoms. The van der Waals surface area contributed by atoms with Crippen molar-refractivity contribution in [3.05, 3.63) is 35.4 Å². The van der Waals surface area contributed by atoms with Crippen molar-refractivity contribution in [2.24, 2.45) is 11.1 Å². The van der Waals surface area contributed by atoms with Crippen LogP contribution < -0.4 is 11.1 Å². The number of hydrogen-bond donors (Lipinski definition) is 2. The Morgan fingerprint density at radius 3 is 2.65 bits per heavy atom. The van der Waals surface area contributed by atoms with Gasteiger partial charge in [-0.1, -0.05) is 25.7 Å². The standard InChI is InChI=1S/C17H22N2O/c1-17(2)10-9-15(12-17)19-16(20)14-7-5-13(6-8-14)4-3-11-18/h5-8,15H,9-12,18H2,1-2H3,(H,19,20). The summed E-state index contributed by atoms with van der Waals surface area (Å²) >= 11 is 0. The summed E-state index contributed by atoms with van der Waals surface area (Å²) in [6.07, 6.45) is 3.29. The minimum Gasteiger partial charge on any atom is -0.349 e. The fourth-order valence-corrected chi connectivity index (χ4v) is 2.69. The van der Waals surface area contributed by atoms with Crippen LogP contribution in [0, 0.1) is 17.3 Å². The highest BCUT2D eigenvalue weighted by Gasteiger charge is 2.31. The Kier molecular flexibility index (Phi) is 4.46. The molecule has 0 radical (unpaired) electrons. The molecule has 1 aromatic carbocycles. The van der Waals surface area contributed by atoms with Crippen LogP contribution in [0.1, 0.15) is 49.0 Å². The molecule has 2 rings (SSSR count). The van der Waals surface area contributed by atoms with Gasteiger partial charge in [0.1, 0.15) is 0 Å². The van der Waals surface area contributed by atoms with Crippen molar-refractivity contribution in [1.29, 1.82) is 0 Å². The van der Waals surface area contributed by atoms with Gasteiger partial charge >= 0.3 is 0 Å². The maximum atomic E-state index is 12.2. The van der Waals surface area contributed by atoms with Crippen molar-refractivity contribution in [1.82, 2.24) is 5.32 Å². The normalized spacial score (nSPS) is 20.1. The summed E-state index contributed by atoms with van der Waals surface area (Å²) in [7, 11) is 0. The van der Waals surface area contributed by atoms with Gasteiger partial charge in [-0.05, 0) is 48.9 Å². The Bertz CT molecular complexity index is 534. The molecular weight excluding hydrogens is 248 g/mol. The van der Waals surface area contributed by atoms with E-state index in [1.54, 1.807) is 0 Å². The summed E-state index contributed by atoms with van der Waals surface area (Å²) in [6.45, 7) is 4.85. The van der Waals surface area contributed by atoms with Gasteiger partial charge in [-0.25, -0.2) is 0 Å². The van der Waals surface area contributed by atoms with Crippen LogP contribution in [0.3, 0.4) is 0 Å². The van der Waals surface area contributed by atoms with Gasteiger partial charge in [-0.15, -0.1) is 0 Å². The number of hydrogen-bond acceptors (Lipinski definition) is 2. The lowest BCUT2D eigenvalue weighted by Crippen LogP contribution is -2.33. The van der Waals surface area contributed by atoms with E-state index < -0.39 is 0 Å². The highest BCUT2D eigenvalue weighted by atomic mass is 16.1. The minimum absolute atomic E-state index is 0.00559. The second kappa shape index (κ2) is 6.11. The molecule has 1 aliphatic carbocycles. The first-order valence-electron chi connectivity index (χ1n) is 7.10. The van der Waals surface area contributed by atoms with Gasteiger partial charge in [0.25, 0.3) is 5.91 Å². The zero-order valence-corrected chi connectivity index (χ0v) is 12.2. The van der Waals surface area contributed by atoms with E-state index in [1.165, 1.54) is 6.42 Å². The summed E-state index contributed by atoms with van der Waals surface area (Å²) < 4.78 is 0. The van der Waals surface area contributed by atoms with Gasteiger partial charge in [0.2, 0.25) is 0 Å². The first-order valence-corrected chi connectivity index (χ1v) is 7.10. The summed E-state index contributed by atoms with van der Waals surface area (Å²) in [5, 5.41) is 3.12. The molecule has 1 amide bonds. The molecule has 0 saturated heterocycles. The second-order valence-electron chi connectivity index (χ2n) is 6.16. The monoisotopic (exact) mass is 270 g/mol. The van der Waals surface area contributed by atoms with E-state index in [9.17, 15) is 4.79 Å². The van der Waals surface area contributed by atoms with E-state index in [1.807, 2.05) is 24.3 Å². The summed E-state index contributed by atoms with van der Waals surface area (Å²) in [6, 6.07) is 7.65. The third-order valence-corrected chi connectivity index (χ3v) is 3.79. The lowest BCUT2D eigenvalue weighted by molar-refractivity contribution is 0.0936. The van der Waals surface area contributed by atoms with Crippen molar-refractivity contribution >= 4 is 5.91 Å². The summed E-state index contributed by atoms with van der Waals surface area (Å²) in [5.74, 6) is 5.75. The Hall–Kier alpha value is -1.79. The Morgan fingerprint density at radius 1 is 1.40 bits per heavy atom.